The molecule has 4 rings (SSSR count). The van der Waals surface area contributed by atoms with Crippen molar-refractivity contribution >= 4 is 21.6 Å². The van der Waals surface area contributed by atoms with Gasteiger partial charge in [0.05, 0.1) is 10.4 Å². The van der Waals surface area contributed by atoms with Crippen molar-refractivity contribution in [2.75, 3.05) is 0 Å². The lowest BCUT2D eigenvalue weighted by molar-refractivity contribution is -0.766. The van der Waals surface area contributed by atoms with E-state index in [-0.39, 0.29) is 11.8 Å². The largest absolute Gasteiger partial charge is 0.837 e. The van der Waals surface area contributed by atoms with E-state index in [1.165, 1.54) is 40.3 Å². The number of nitrogens with zero attached hydrogens (tertiary/aromatic N) is 6. The molecule has 30 heavy (non-hydrogen) atoms. The molecule has 0 aliphatic carbocycles. The highest BCUT2D eigenvalue weighted by Gasteiger charge is 2.24. The summed E-state index contributed by atoms with van der Waals surface area (Å²) >= 11 is 0. The van der Waals surface area contributed by atoms with Crippen LogP contribution in [0.4, 0.5) is 0 Å². The van der Waals surface area contributed by atoms with E-state index in [0.717, 1.165) is 11.1 Å². The fraction of sp³-hybridized carbons (Fsp3) is 0.200. The molecule has 4 aromatic rings. The predicted octanol–water partition coefficient (Wildman–Crippen LogP) is 1.27. The quantitative estimate of drug-likeness (QED) is 0.343. The van der Waals surface area contributed by atoms with Crippen LogP contribution in [0.1, 0.15) is 11.1 Å². The van der Waals surface area contributed by atoms with Gasteiger partial charge >= 0.3 is 0 Å². The first-order chi connectivity index (χ1) is 14.3. The van der Waals surface area contributed by atoms with Crippen LogP contribution in [-0.4, -0.2) is 19.8 Å². The number of benzene rings is 2. The Labute approximate surface area is 181 Å². The number of hydrogen-bond donors (Lipinski definition) is 0. The number of hydrogen-bond acceptors (Lipinski definition) is 6. The summed E-state index contributed by atoms with van der Waals surface area (Å²) in [5, 5.41) is 35.2. The Morgan fingerprint density at radius 3 is 1.33 bits per heavy atom. The number of rotatable bonds is 5. The fourth-order valence-corrected chi connectivity index (χ4v) is 5.17. The molecule has 0 aliphatic heterocycles. The van der Waals surface area contributed by atoms with Gasteiger partial charge in [0, 0.05) is 0 Å². The van der Waals surface area contributed by atoms with E-state index in [1.807, 2.05) is 62.4 Å². The first-order valence-corrected chi connectivity index (χ1v) is 11.3. The van der Waals surface area contributed by atoms with Crippen molar-refractivity contribution in [1.82, 2.24) is 19.8 Å². The summed E-state index contributed by atoms with van der Waals surface area (Å²) < 4.78 is 5.76. The first-order valence-electron chi connectivity index (χ1n) is 9.16. The Balaban J connectivity index is 1.60. The zero-order valence-electron chi connectivity index (χ0n) is 16.9. The normalized spacial score (nSPS) is 11.2. The zero-order valence-corrected chi connectivity index (χ0v) is 18.6. The van der Waals surface area contributed by atoms with Crippen LogP contribution in [0.15, 0.2) is 58.6 Å². The van der Waals surface area contributed by atoms with E-state index < -0.39 is 0 Å². The van der Waals surface area contributed by atoms with Crippen LogP contribution < -0.4 is 19.6 Å². The van der Waals surface area contributed by atoms with E-state index in [4.69, 9.17) is 0 Å². The third-order valence-electron chi connectivity index (χ3n) is 4.54. The maximum absolute atomic E-state index is 12.9. The van der Waals surface area contributed by atoms with Crippen LogP contribution in [0.25, 0.3) is 11.4 Å². The highest BCUT2D eigenvalue weighted by atomic mass is 33.1. The second-order valence-electron chi connectivity index (χ2n) is 6.91. The monoisotopic (exact) mass is 440 g/mol. The van der Waals surface area contributed by atoms with Crippen LogP contribution in [0, 0.1) is 13.8 Å². The van der Waals surface area contributed by atoms with Crippen molar-refractivity contribution in [1.29, 1.82) is 0 Å². The lowest BCUT2D eigenvalue weighted by Crippen LogP contribution is -2.34. The lowest BCUT2D eigenvalue weighted by Gasteiger charge is -2.05. The summed E-state index contributed by atoms with van der Waals surface area (Å²) in [4.78, 5) is 0. The van der Waals surface area contributed by atoms with Crippen LogP contribution in [0.3, 0.4) is 0 Å². The van der Waals surface area contributed by atoms with E-state index in [9.17, 15) is 10.2 Å². The van der Waals surface area contributed by atoms with Crippen molar-refractivity contribution < 1.29 is 19.6 Å². The molecule has 0 saturated heterocycles. The van der Waals surface area contributed by atoms with Gasteiger partial charge in [0.25, 0.3) is 0 Å². The molecule has 8 nitrogen and oxygen atoms in total. The Morgan fingerprint density at radius 2 is 1.00 bits per heavy atom. The van der Waals surface area contributed by atoms with Crippen molar-refractivity contribution in [3.8, 4) is 23.1 Å². The van der Waals surface area contributed by atoms with Crippen molar-refractivity contribution in [3.63, 3.8) is 0 Å². The van der Waals surface area contributed by atoms with Gasteiger partial charge in [0.1, 0.15) is 25.9 Å². The van der Waals surface area contributed by atoms with Gasteiger partial charge in [0.2, 0.25) is 10.1 Å². The van der Waals surface area contributed by atoms with Gasteiger partial charge in [-0.3, -0.25) is 0 Å². The molecule has 0 amide bonds. The summed E-state index contributed by atoms with van der Waals surface area (Å²) in [6.45, 7) is 3.97. The predicted molar refractivity (Wildman–Crippen MR) is 110 cm³/mol. The number of aryl methyl sites for hydroxylation is 4. The Bertz CT molecular complexity index is 1100. The molecule has 0 radical (unpaired) electrons. The molecule has 2 aromatic heterocycles. The van der Waals surface area contributed by atoms with Gasteiger partial charge in [-0.1, -0.05) is 35.4 Å². The lowest BCUT2D eigenvalue weighted by atomic mass is 10.2. The van der Waals surface area contributed by atoms with Crippen molar-refractivity contribution in [3.05, 3.63) is 59.7 Å². The van der Waals surface area contributed by atoms with Gasteiger partial charge in [-0.15, -0.1) is 18.7 Å². The Kier molecular flexibility index (Phi) is 5.44. The molecule has 0 spiro atoms. The highest BCUT2D eigenvalue weighted by molar-refractivity contribution is 8.76. The van der Waals surface area contributed by atoms with E-state index in [1.54, 1.807) is 14.1 Å². The average molecular weight is 441 g/mol. The summed E-state index contributed by atoms with van der Waals surface area (Å²) in [5.41, 5.74) is 3.60. The topological polar surface area (TPSA) is 89.5 Å². The average Bonchev–Trinajstić information content (AvgIpc) is 3.17. The minimum atomic E-state index is -0.236. The van der Waals surface area contributed by atoms with Crippen molar-refractivity contribution in [2.45, 2.75) is 23.9 Å². The van der Waals surface area contributed by atoms with Crippen LogP contribution >= 0.6 is 21.6 Å². The minimum absolute atomic E-state index is 0.236. The maximum Gasteiger partial charge on any atom is 0.228 e. The van der Waals surface area contributed by atoms with Gasteiger partial charge < -0.3 is 10.2 Å². The smallest absolute Gasteiger partial charge is 0.228 e. The van der Waals surface area contributed by atoms with Crippen LogP contribution in [0.5, 0.6) is 11.8 Å². The Hall–Kier alpha value is -2.98. The Morgan fingerprint density at radius 1 is 0.667 bits per heavy atom. The molecule has 2 heterocycles. The minimum Gasteiger partial charge on any atom is -0.837 e. The van der Waals surface area contributed by atoms with Crippen LogP contribution in [0.2, 0.25) is 0 Å². The maximum atomic E-state index is 12.9. The van der Waals surface area contributed by atoms with Gasteiger partial charge in [-0.05, 0) is 59.7 Å². The third-order valence-corrected chi connectivity index (χ3v) is 7.02. The molecule has 154 valence electrons. The SMILES string of the molecule is Cc1ccc(-n2n[n+](C)c(SSc3c([O-])n(-c4ccc(C)cc4)n[n+]3C)c2[O-])cc1. The van der Waals surface area contributed by atoms with Gasteiger partial charge in [-0.2, -0.15) is 0 Å². The highest BCUT2D eigenvalue weighted by Crippen LogP contribution is 2.40. The second-order valence-corrected chi connectivity index (χ2v) is 9.01. The molecule has 0 aliphatic rings. The second kappa shape index (κ2) is 8.04. The summed E-state index contributed by atoms with van der Waals surface area (Å²) in [7, 11) is 5.81. The molecule has 0 fully saturated rings. The molecular weight excluding hydrogens is 420 g/mol. The molecule has 0 atom stereocenters. The third kappa shape index (κ3) is 3.75. The molecule has 0 unspecified atom stereocenters. The van der Waals surface area contributed by atoms with Crippen LogP contribution in [-0.2, 0) is 14.1 Å². The molecule has 10 heteroatoms. The van der Waals surface area contributed by atoms with E-state index in [2.05, 4.69) is 10.4 Å². The van der Waals surface area contributed by atoms with Gasteiger partial charge in [-0.25, -0.2) is 0 Å². The van der Waals surface area contributed by atoms with E-state index >= 15 is 0 Å². The standard InChI is InChI=1S/C20H20N6O2S2/c1-13-5-9-15(10-6-13)25-17(27)19(23(3)21-25)29-30-20-18(28)26(22-24(20)4)16-11-7-14(2)8-12-16/h5-12H,1-4H3. The van der Waals surface area contributed by atoms with Gasteiger partial charge in [0.15, 0.2) is 11.4 Å². The summed E-state index contributed by atoms with van der Waals surface area (Å²) in [6.07, 6.45) is 0. The molecular formula is C20H20N6O2S2. The summed E-state index contributed by atoms with van der Waals surface area (Å²) in [6, 6.07) is 15.1. The van der Waals surface area contributed by atoms with E-state index in [0.29, 0.717) is 21.4 Å². The molecule has 0 bridgehead atoms. The summed E-state index contributed by atoms with van der Waals surface area (Å²) in [5.74, 6) is -0.472. The molecule has 0 saturated carbocycles. The first kappa shape index (κ1) is 20.3. The zero-order chi connectivity index (χ0) is 21.4. The van der Waals surface area contributed by atoms with Crippen molar-refractivity contribution in [2.24, 2.45) is 14.1 Å². The molecule has 0 N–H and O–H groups in total. The fourth-order valence-electron chi connectivity index (χ4n) is 2.86. The number of aromatic nitrogens is 6. The molecule has 2 aromatic carbocycles.